The zero-order valence-corrected chi connectivity index (χ0v) is 16.1. The minimum absolute atomic E-state index is 0.230. The van der Waals surface area contributed by atoms with Gasteiger partial charge in [0, 0.05) is 10.7 Å². The van der Waals surface area contributed by atoms with Gasteiger partial charge in [0.25, 0.3) is 5.91 Å². The normalized spacial score (nSPS) is 17.0. The van der Waals surface area contributed by atoms with Crippen LogP contribution in [0.25, 0.3) is 0 Å². The highest BCUT2D eigenvalue weighted by Crippen LogP contribution is 2.35. The molecule has 0 saturated carbocycles. The number of allylic oxidation sites excluding steroid dienone is 1. The molecular weight excluding hydrogens is 411 g/mol. The number of anilines is 1. The Morgan fingerprint density at radius 2 is 1.79 bits per heavy atom. The number of alkyl halides is 3. The number of benzene rings is 2. The lowest BCUT2D eigenvalue weighted by molar-refractivity contribution is -0.137. The van der Waals surface area contributed by atoms with E-state index in [2.05, 4.69) is 16.0 Å². The molecule has 0 aliphatic carbocycles. The van der Waals surface area contributed by atoms with Gasteiger partial charge in [-0.15, -0.1) is 0 Å². The second kappa shape index (κ2) is 7.81. The van der Waals surface area contributed by atoms with Gasteiger partial charge in [-0.3, -0.25) is 4.79 Å². The number of thiocarbonyl (C=S) groups is 1. The summed E-state index contributed by atoms with van der Waals surface area (Å²) in [6.45, 7) is 1.64. The Kier molecular flexibility index (Phi) is 5.62. The number of nitrogens with one attached hydrogen (secondary N) is 3. The molecular formula is C19H15ClF3N3OS. The Hall–Kier alpha value is -2.58. The van der Waals surface area contributed by atoms with Gasteiger partial charge in [0.1, 0.15) is 0 Å². The van der Waals surface area contributed by atoms with E-state index in [4.69, 9.17) is 23.8 Å². The molecule has 2 aromatic carbocycles. The summed E-state index contributed by atoms with van der Waals surface area (Å²) < 4.78 is 39.7. The van der Waals surface area contributed by atoms with Crippen LogP contribution >= 0.6 is 23.8 Å². The lowest BCUT2D eigenvalue weighted by Gasteiger charge is -2.30. The molecule has 3 N–H and O–H groups in total. The smallest absolute Gasteiger partial charge is 0.351 e. The van der Waals surface area contributed by atoms with Crippen LogP contribution in [0.15, 0.2) is 59.8 Å². The van der Waals surface area contributed by atoms with Crippen LogP contribution in [0.1, 0.15) is 24.1 Å². The predicted molar refractivity (Wildman–Crippen MR) is 106 cm³/mol. The first-order valence-electron chi connectivity index (χ1n) is 8.18. The van der Waals surface area contributed by atoms with Gasteiger partial charge in [0.2, 0.25) is 0 Å². The summed E-state index contributed by atoms with van der Waals surface area (Å²) in [5, 5.41) is 9.03. The largest absolute Gasteiger partial charge is 0.418 e. The Bertz CT molecular complexity index is 958. The number of hydrogen-bond acceptors (Lipinski definition) is 2. The first-order chi connectivity index (χ1) is 13.2. The molecule has 1 atom stereocenters. The summed E-state index contributed by atoms with van der Waals surface area (Å²) in [5.74, 6) is -0.670. The third-order valence-electron chi connectivity index (χ3n) is 4.20. The third kappa shape index (κ3) is 4.28. The van der Waals surface area contributed by atoms with E-state index in [0.29, 0.717) is 21.4 Å². The topological polar surface area (TPSA) is 53.2 Å². The van der Waals surface area contributed by atoms with E-state index >= 15 is 0 Å². The van der Waals surface area contributed by atoms with Gasteiger partial charge in [-0.05, 0) is 49.0 Å². The zero-order valence-electron chi connectivity index (χ0n) is 14.5. The van der Waals surface area contributed by atoms with E-state index in [1.165, 1.54) is 18.2 Å². The van der Waals surface area contributed by atoms with Crippen LogP contribution in [-0.2, 0) is 11.0 Å². The van der Waals surface area contributed by atoms with Crippen LogP contribution in [0, 0.1) is 0 Å². The highest BCUT2D eigenvalue weighted by Gasteiger charge is 2.35. The van der Waals surface area contributed by atoms with Crippen molar-refractivity contribution in [2.24, 2.45) is 0 Å². The van der Waals surface area contributed by atoms with Gasteiger partial charge < -0.3 is 16.0 Å². The molecule has 0 radical (unpaired) electrons. The number of para-hydroxylation sites is 1. The summed E-state index contributed by atoms with van der Waals surface area (Å²) in [6.07, 6.45) is -4.59. The minimum Gasteiger partial charge on any atom is -0.351 e. The van der Waals surface area contributed by atoms with Crippen molar-refractivity contribution < 1.29 is 18.0 Å². The molecule has 2 aromatic rings. The van der Waals surface area contributed by atoms with Gasteiger partial charge in [0.05, 0.1) is 22.9 Å². The van der Waals surface area contributed by atoms with Crippen LogP contribution in [0.4, 0.5) is 18.9 Å². The van der Waals surface area contributed by atoms with Crippen molar-refractivity contribution in [1.29, 1.82) is 0 Å². The second-order valence-electron chi connectivity index (χ2n) is 6.12. The molecule has 1 amide bonds. The number of hydrogen-bond donors (Lipinski definition) is 3. The van der Waals surface area contributed by atoms with Crippen molar-refractivity contribution in [1.82, 2.24) is 10.6 Å². The molecule has 0 fully saturated rings. The third-order valence-corrected chi connectivity index (χ3v) is 4.67. The summed E-state index contributed by atoms with van der Waals surface area (Å²) in [4.78, 5) is 12.9. The van der Waals surface area contributed by atoms with E-state index < -0.39 is 23.7 Å². The van der Waals surface area contributed by atoms with Gasteiger partial charge >= 0.3 is 6.18 Å². The fraction of sp³-hybridized carbons (Fsp3) is 0.158. The highest BCUT2D eigenvalue weighted by molar-refractivity contribution is 7.80. The van der Waals surface area contributed by atoms with Crippen LogP contribution in [0.3, 0.4) is 0 Å². The molecule has 1 aliphatic heterocycles. The number of amides is 1. The molecule has 28 heavy (non-hydrogen) atoms. The van der Waals surface area contributed by atoms with Crippen LogP contribution in [0.5, 0.6) is 0 Å². The first kappa shape index (κ1) is 20.2. The monoisotopic (exact) mass is 425 g/mol. The molecule has 4 nitrogen and oxygen atoms in total. The summed E-state index contributed by atoms with van der Waals surface area (Å²) in [7, 11) is 0. The average molecular weight is 426 g/mol. The molecule has 146 valence electrons. The quantitative estimate of drug-likeness (QED) is 0.619. The van der Waals surface area contributed by atoms with Crippen LogP contribution in [-0.4, -0.2) is 11.0 Å². The molecule has 0 aromatic heterocycles. The van der Waals surface area contributed by atoms with Crippen molar-refractivity contribution in [2.45, 2.75) is 19.1 Å². The maximum atomic E-state index is 13.2. The van der Waals surface area contributed by atoms with Gasteiger partial charge in [-0.2, -0.15) is 13.2 Å². The Balaban J connectivity index is 1.98. The van der Waals surface area contributed by atoms with Gasteiger partial charge in [-0.25, -0.2) is 0 Å². The fourth-order valence-corrected chi connectivity index (χ4v) is 3.33. The maximum absolute atomic E-state index is 13.2. The Labute approximate surface area is 169 Å². The molecule has 9 heteroatoms. The number of carbonyl (C=O) groups is 1. The van der Waals surface area contributed by atoms with E-state index in [-0.39, 0.29) is 11.3 Å². The Morgan fingerprint density at radius 1 is 1.14 bits per heavy atom. The van der Waals surface area contributed by atoms with E-state index in [0.717, 1.165) is 6.07 Å². The van der Waals surface area contributed by atoms with E-state index in [1.807, 2.05) is 0 Å². The Morgan fingerprint density at radius 3 is 2.43 bits per heavy atom. The number of halogens is 4. The van der Waals surface area contributed by atoms with E-state index in [1.54, 1.807) is 31.2 Å². The lowest BCUT2D eigenvalue weighted by atomic mass is 9.95. The lowest BCUT2D eigenvalue weighted by Crippen LogP contribution is -2.45. The highest BCUT2D eigenvalue weighted by atomic mass is 35.5. The van der Waals surface area contributed by atoms with Crippen molar-refractivity contribution in [2.75, 3.05) is 5.32 Å². The first-order valence-corrected chi connectivity index (χ1v) is 8.97. The standard InChI is InChI=1S/C19H15ClF3N3OS/c1-10-15(16(26-18(28)24-10)11-6-8-12(20)9-7-11)17(27)25-14-5-3-2-4-13(14)19(21,22)23/h2-9,16H,1H3,(H,25,27)(H2,24,26,28)/t16-/m0/s1. The average Bonchev–Trinajstić information content (AvgIpc) is 2.61. The predicted octanol–water partition coefficient (Wildman–Crippen LogP) is 4.79. The van der Waals surface area contributed by atoms with Crippen LogP contribution in [0.2, 0.25) is 5.02 Å². The molecule has 1 aliphatic rings. The van der Waals surface area contributed by atoms with Crippen molar-refractivity contribution in [3.63, 3.8) is 0 Å². The maximum Gasteiger partial charge on any atom is 0.418 e. The van der Waals surface area contributed by atoms with E-state index in [9.17, 15) is 18.0 Å². The second-order valence-corrected chi connectivity index (χ2v) is 6.96. The zero-order chi connectivity index (χ0) is 20.5. The molecule has 1 heterocycles. The van der Waals surface area contributed by atoms with Crippen molar-refractivity contribution >= 4 is 40.5 Å². The fourth-order valence-electron chi connectivity index (χ4n) is 2.93. The molecule has 0 saturated heterocycles. The molecule has 0 bridgehead atoms. The molecule has 0 unspecified atom stereocenters. The number of carbonyl (C=O) groups excluding carboxylic acids is 1. The van der Waals surface area contributed by atoms with Crippen molar-refractivity contribution in [3.8, 4) is 0 Å². The molecule has 3 rings (SSSR count). The van der Waals surface area contributed by atoms with Gasteiger partial charge in [-0.1, -0.05) is 35.9 Å². The summed E-state index contributed by atoms with van der Waals surface area (Å²) in [5.41, 5.74) is 0.139. The van der Waals surface area contributed by atoms with Crippen LogP contribution < -0.4 is 16.0 Å². The SMILES string of the molecule is CC1=C(C(=O)Nc2ccccc2C(F)(F)F)[C@H](c2ccc(Cl)cc2)NC(=S)N1. The minimum atomic E-state index is -4.59. The van der Waals surface area contributed by atoms with Crippen molar-refractivity contribution in [3.05, 3.63) is 76.0 Å². The number of rotatable bonds is 3. The molecule has 0 spiro atoms. The summed E-state index contributed by atoms with van der Waals surface area (Å²) >= 11 is 11.1. The van der Waals surface area contributed by atoms with Gasteiger partial charge in [0.15, 0.2) is 5.11 Å². The summed E-state index contributed by atoms with van der Waals surface area (Å²) in [6, 6.07) is 10.9.